The van der Waals surface area contributed by atoms with Crippen LogP contribution in [0, 0.1) is 0 Å². The van der Waals surface area contributed by atoms with Crippen LogP contribution in [0.1, 0.15) is 24.5 Å². The second-order valence-electron chi connectivity index (χ2n) is 7.40. The van der Waals surface area contributed by atoms with E-state index in [2.05, 4.69) is 41.4 Å². The summed E-state index contributed by atoms with van der Waals surface area (Å²) in [5, 5.41) is 2.91. The molecule has 0 aliphatic carbocycles. The zero-order valence-corrected chi connectivity index (χ0v) is 15.7. The van der Waals surface area contributed by atoms with E-state index in [0.29, 0.717) is 19.6 Å². The number of fused-ring (bicyclic) bond motifs is 1. The Morgan fingerprint density at radius 2 is 2.04 bits per heavy atom. The molecule has 5 heteroatoms. The van der Waals surface area contributed by atoms with E-state index in [1.807, 2.05) is 24.3 Å². The fourth-order valence-electron chi connectivity index (χ4n) is 3.93. The Labute approximate surface area is 160 Å². The number of rotatable bonds is 5. The summed E-state index contributed by atoms with van der Waals surface area (Å²) in [5.41, 5.74) is 3.19. The maximum atomic E-state index is 11.5. The molecule has 1 unspecified atom stereocenters. The second kappa shape index (κ2) is 7.71. The number of hydrogen-bond donors (Lipinski definition) is 1. The first-order valence-corrected chi connectivity index (χ1v) is 9.59. The molecule has 2 heterocycles. The molecule has 1 atom stereocenters. The van der Waals surface area contributed by atoms with Gasteiger partial charge in [-0.05, 0) is 42.7 Å². The average Bonchev–Trinajstić information content (AvgIpc) is 2.70. The van der Waals surface area contributed by atoms with Gasteiger partial charge < -0.3 is 14.8 Å². The van der Waals surface area contributed by atoms with E-state index in [1.165, 1.54) is 5.56 Å². The first-order chi connectivity index (χ1) is 13.1. The molecule has 5 nitrogen and oxygen atoms in total. The third kappa shape index (κ3) is 3.84. The molecule has 1 fully saturated rings. The van der Waals surface area contributed by atoms with E-state index in [9.17, 15) is 4.79 Å². The summed E-state index contributed by atoms with van der Waals surface area (Å²) < 4.78 is 11.8. The lowest BCUT2D eigenvalue weighted by Gasteiger charge is -2.45. The molecular formula is C22H26N2O3. The molecule has 0 radical (unpaired) electrons. The summed E-state index contributed by atoms with van der Waals surface area (Å²) in [4.78, 5) is 13.9. The number of nitrogens with zero attached hydrogens (tertiary/aromatic N) is 1. The topological polar surface area (TPSA) is 50.8 Å². The molecule has 0 saturated carbocycles. The summed E-state index contributed by atoms with van der Waals surface area (Å²) in [6.45, 7) is 6.03. The third-order valence-electron chi connectivity index (χ3n) is 5.58. The molecule has 2 aliphatic rings. The summed E-state index contributed by atoms with van der Waals surface area (Å²) >= 11 is 0. The van der Waals surface area contributed by atoms with Gasteiger partial charge in [0.2, 0.25) is 5.91 Å². The standard InChI is InChI=1S/C22H26N2O3/c1-22(18-5-3-2-4-6-18)16-26-13-11-24(22)12-14-27-19-8-9-20-17(15-19)7-10-21(25)23-20/h2-6,8-9,15H,7,10-14,16H2,1H3,(H,23,25). The van der Waals surface area contributed by atoms with E-state index in [0.717, 1.165) is 43.1 Å². The minimum atomic E-state index is -0.136. The van der Waals surface area contributed by atoms with Crippen molar-refractivity contribution >= 4 is 11.6 Å². The zero-order valence-electron chi connectivity index (χ0n) is 15.7. The molecule has 142 valence electrons. The van der Waals surface area contributed by atoms with Crippen LogP contribution in [0.4, 0.5) is 5.69 Å². The normalized spacial score (nSPS) is 22.8. The van der Waals surface area contributed by atoms with Crippen LogP contribution in [0.15, 0.2) is 48.5 Å². The van der Waals surface area contributed by atoms with Crippen molar-refractivity contribution in [2.24, 2.45) is 0 Å². The SMILES string of the molecule is CC1(c2ccccc2)COCCN1CCOc1ccc2c(c1)CCC(=O)N2. The molecule has 0 bridgehead atoms. The predicted octanol–water partition coefficient (Wildman–Crippen LogP) is 3.20. The lowest BCUT2D eigenvalue weighted by atomic mass is 9.90. The Hall–Kier alpha value is -2.37. The number of anilines is 1. The van der Waals surface area contributed by atoms with E-state index in [4.69, 9.17) is 9.47 Å². The van der Waals surface area contributed by atoms with E-state index in [1.54, 1.807) is 0 Å². The Bertz CT molecular complexity index is 808. The van der Waals surface area contributed by atoms with Gasteiger partial charge in [-0.15, -0.1) is 0 Å². The van der Waals surface area contributed by atoms with Crippen LogP contribution in [0.25, 0.3) is 0 Å². The first-order valence-electron chi connectivity index (χ1n) is 9.59. The minimum Gasteiger partial charge on any atom is -0.492 e. The van der Waals surface area contributed by atoms with Crippen molar-refractivity contribution in [3.63, 3.8) is 0 Å². The number of morpholine rings is 1. The Morgan fingerprint density at radius 1 is 1.19 bits per heavy atom. The number of carbonyl (C=O) groups is 1. The molecule has 2 aromatic carbocycles. The van der Waals surface area contributed by atoms with Crippen LogP contribution < -0.4 is 10.1 Å². The number of ether oxygens (including phenoxy) is 2. The molecule has 27 heavy (non-hydrogen) atoms. The van der Waals surface area contributed by atoms with Gasteiger partial charge in [0.25, 0.3) is 0 Å². The Morgan fingerprint density at radius 3 is 2.89 bits per heavy atom. The highest BCUT2D eigenvalue weighted by molar-refractivity contribution is 5.93. The van der Waals surface area contributed by atoms with E-state index in [-0.39, 0.29) is 11.4 Å². The fraction of sp³-hybridized carbons (Fsp3) is 0.409. The molecular weight excluding hydrogens is 340 g/mol. The summed E-state index contributed by atoms with van der Waals surface area (Å²) in [6, 6.07) is 16.4. The lowest BCUT2D eigenvalue weighted by molar-refractivity contribution is -0.116. The Balaban J connectivity index is 1.40. The van der Waals surface area contributed by atoms with Crippen molar-refractivity contribution in [2.45, 2.75) is 25.3 Å². The van der Waals surface area contributed by atoms with Gasteiger partial charge in [0, 0.05) is 25.2 Å². The second-order valence-corrected chi connectivity index (χ2v) is 7.40. The maximum Gasteiger partial charge on any atom is 0.224 e. The van der Waals surface area contributed by atoms with Gasteiger partial charge in [-0.25, -0.2) is 0 Å². The number of amides is 1. The number of hydrogen-bond acceptors (Lipinski definition) is 4. The van der Waals surface area contributed by atoms with Crippen LogP contribution in [-0.4, -0.2) is 43.7 Å². The van der Waals surface area contributed by atoms with Crippen molar-refractivity contribution in [1.82, 2.24) is 4.90 Å². The smallest absolute Gasteiger partial charge is 0.224 e. The van der Waals surface area contributed by atoms with Crippen LogP contribution in [0.5, 0.6) is 5.75 Å². The number of nitrogens with one attached hydrogen (secondary N) is 1. The van der Waals surface area contributed by atoms with Gasteiger partial charge in [-0.1, -0.05) is 30.3 Å². The summed E-state index contributed by atoms with van der Waals surface area (Å²) in [7, 11) is 0. The third-order valence-corrected chi connectivity index (χ3v) is 5.58. The molecule has 4 rings (SSSR count). The molecule has 2 aliphatic heterocycles. The van der Waals surface area contributed by atoms with E-state index >= 15 is 0 Å². The molecule has 2 aromatic rings. The molecule has 0 aromatic heterocycles. The van der Waals surface area contributed by atoms with Gasteiger partial charge in [-0.2, -0.15) is 0 Å². The quantitative estimate of drug-likeness (QED) is 0.883. The van der Waals surface area contributed by atoms with Crippen LogP contribution in [0.2, 0.25) is 0 Å². The highest BCUT2D eigenvalue weighted by Gasteiger charge is 2.36. The minimum absolute atomic E-state index is 0.0867. The number of benzene rings is 2. The van der Waals surface area contributed by atoms with Crippen molar-refractivity contribution in [3.8, 4) is 5.75 Å². The van der Waals surface area contributed by atoms with Gasteiger partial charge in [0.15, 0.2) is 0 Å². The molecule has 0 spiro atoms. The highest BCUT2D eigenvalue weighted by Crippen LogP contribution is 2.31. The van der Waals surface area contributed by atoms with Crippen LogP contribution in [0.3, 0.4) is 0 Å². The number of carbonyl (C=O) groups excluding carboxylic acids is 1. The van der Waals surface area contributed by atoms with E-state index < -0.39 is 0 Å². The predicted molar refractivity (Wildman–Crippen MR) is 105 cm³/mol. The van der Waals surface area contributed by atoms with Gasteiger partial charge in [0.1, 0.15) is 12.4 Å². The maximum absolute atomic E-state index is 11.5. The molecule has 1 N–H and O–H groups in total. The monoisotopic (exact) mass is 366 g/mol. The Kier molecular flexibility index (Phi) is 5.14. The van der Waals surface area contributed by atoms with Crippen molar-refractivity contribution < 1.29 is 14.3 Å². The first kappa shape index (κ1) is 18.0. The largest absolute Gasteiger partial charge is 0.492 e. The molecule has 1 saturated heterocycles. The van der Waals surface area contributed by atoms with Gasteiger partial charge >= 0.3 is 0 Å². The van der Waals surface area contributed by atoms with Gasteiger partial charge in [-0.3, -0.25) is 9.69 Å². The van der Waals surface area contributed by atoms with Crippen LogP contribution in [-0.2, 0) is 21.5 Å². The summed E-state index contributed by atoms with van der Waals surface area (Å²) in [5.74, 6) is 0.947. The van der Waals surface area contributed by atoms with Crippen molar-refractivity contribution in [2.75, 3.05) is 38.2 Å². The van der Waals surface area contributed by atoms with Gasteiger partial charge in [0.05, 0.1) is 18.8 Å². The molecule has 1 amide bonds. The lowest BCUT2D eigenvalue weighted by Crippen LogP contribution is -2.53. The van der Waals surface area contributed by atoms with Crippen molar-refractivity contribution in [3.05, 3.63) is 59.7 Å². The van der Waals surface area contributed by atoms with Crippen molar-refractivity contribution in [1.29, 1.82) is 0 Å². The highest BCUT2D eigenvalue weighted by atomic mass is 16.5. The summed E-state index contributed by atoms with van der Waals surface area (Å²) in [6.07, 6.45) is 1.31. The average molecular weight is 366 g/mol. The zero-order chi connectivity index (χ0) is 18.7. The number of aryl methyl sites for hydroxylation is 1. The van der Waals surface area contributed by atoms with Crippen LogP contribution >= 0.6 is 0 Å². The fourth-order valence-corrected chi connectivity index (χ4v) is 3.93.